The zero-order valence-electron chi connectivity index (χ0n) is 77.7. The van der Waals surface area contributed by atoms with E-state index in [1.165, 1.54) is 146 Å². The van der Waals surface area contributed by atoms with E-state index in [0.717, 1.165) is 115 Å². The van der Waals surface area contributed by atoms with Crippen molar-refractivity contribution in [3.05, 3.63) is 485 Å². The molecule has 31 aromatic rings. The lowest BCUT2D eigenvalue weighted by atomic mass is 9.93. The molecule has 0 spiro atoms. The van der Waals surface area contributed by atoms with Crippen molar-refractivity contribution in [3.8, 4) is 91.1 Å². The molecule has 10 nitrogen and oxygen atoms in total. The minimum Gasteiger partial charge on any atom is -0.309 e. The van der Waals surface area contributed by atoms with E-state index in [-0.39, 0.29) is 0 Å². The molecule has 0 aliphatic rings. The van der Waals surface area contributed by atoms with E-state index in [9.17, 15) is 0 Å². The Balaban J connectivity index is 0.000000134. The van der Waals surface area contributed by atoms with Crippen molar-refractivity contribution in [2.45, 2.75) is 0 Å². The average Bonchev–Trinajstić information content (AvgIpc) is 1.53. The summed E-state index contributed by atoms with van der Waals surface area (Å²) in [4.78, 5) is 32.2. The third-order valence-electron chi connectivity index (χ3n) is 30.0. The number of hydrogen-bond donors (Lipinski definition) is 0. The van der Waals surface area contributed by atoms with Gasteiger partial charge in [-0.25, -0.2) is 9.97 Å². The van der Waals surface area contributed by atoms with Gasteiger partial charge in [-0.1, -0.05) is 370 Å². The molecule has 0 saturated carbocycles. The Morgan fingerprint density at radius 1 is 0.125 bits per heavy atom. The Hall–Kier alpha value is -19.4. The van der Waals surface area contributed by atoms with Crippen molar-refractivity contribution in [1.29, 1.82) is 0 Å². The number of rotatable bonds is 10. The summed E-state index contributed by atoms with van der Waals surface area (Å²) in [5.41, 5.74) is 19.5. The first-order chi connectivity index (χ1) is 71.4. The van der Waals surface area contributed by atoms with E-state index in [2.05, 4.69) is 504 Å². The Labute approximate surface area is 824 Å². The maximum absolute atomic E-state index is 5.48. The van der Waals surface area contributed by atoms with Gasteiger partial charge < -0.3 is 9.13 Å². The van der Waals surface area contributed by atoms with Crippen LogP contribution in [-0.4, -0.2) is 48.2 Å². The van der Waals surface area contributed by atoms with Crippen molar-refractivity contribution < 1.29 is 0 Å². The smallest absolute Gasteiger partial charge is 0.238 e. The van der Waals surface area contributed by atoms with Crippen LogP contribution in [0, 0.1) is 0 Å². The van der Waals surface area contributed by atoms with E-state index in [1.54, 1.807) is 0 Å². The standard InChI is InChI=1S/C69H41N5.C65H39N5/c1-2-16-46(17-3-1)73-63-28-14-12-26-57(63)61-38-42(32-36-65(61)73)43-33-37-66-62(39-43)58-27-13-15-29-64(58)74(66)69-71-67(44-30-34-55-51-22-6-4-18-47(51)49-20-8-10-24-53(49)59(55)40-44)70-68(72-69)45-31-35-56-52-23-7-5-19-48(52)50-21-9-11-25-54(50)60(56)41-45;1-3-16-42-36-46(30-28-40(42)14-1)63-66-64(47-31-29-41-15-2-4-17-43(41)37-47)68-65(67-63)70-58-26-12-10-22-52(58)56-39-45(33-35-60(56)70)44-32-34-59-55(38-44)51-21-9-11-25-57(51)69(59)61-27-13-24-54-50-19-6-5-18-48(50)49-20-7-8-23-53(49)62(54)61/h1-41H;1-39H. The van der Waals surface area contributed by atoms with Gasteiger partial charge >= 0.3 is 0 Å². The van der Waals surface area contributed by atoms with Crippen LogP contribution in [0.1, 0.15) is 0 Å². The molecule has 0 aliphatic heterocycles. The number of para-hydroxylation sites is 5. The van der Waals surface area contributed by atoms with Crippen molar-refractivity contribution in [2.24, 2.45) is 0 Å². The summed E-state index contributed by atoms with van der Waals surface area (Å²) in [7, 11) is 0. The fraction of sp³-hybridized carbons (Fsp3) is 0. The van der Waals surface area contributed by atoms with E-state index in [0.29, 0.717) is 35.2 Å². The van der Waals surface area contributed by atoms with Crippen molar-refractivity contribution in [1.82, 2.24) is 48.2 Å². The largest absolute Gasteiger partial charge is 0.309 e. The van der Waals surface area contributed by atoms with E-state index in [1.807, 2.05) is 0 Å². The predicted molar refractivity (Wildman–Crippen MR) is 602 cm³/mol. The van der Waals surface area contributed by atoms with Crippen LogP contribution >= 0.6 is 0 Å². The number of fused-ring (bicyclic) bond motifs is 32. The van der Waals surface area contributed by atoms with Gasteiger partial charge in [-0.15, -0.1) is 0 Å². The number of hydrogen-bond acceptors (Lipinski definition) is 6. The highest BCUT2D eigenvalue weighted by Gasteiger charge is 2.27. The van der Waals surface area contributed by atoms with Crippen LogP contribution < -0.4 is 0 Å². The molecule has 0 atom stereocenters. The molecule has 0 aliphatic carbocycles. The first-order valence-electron chi connectivity index (χ1n) is 49.1. The van der Waals surface area contributed by atoms with Gasteiger partial charge in [0.25, 0.3) is 0 Å². The van der Waals surface area contributed by atoms with Gasteiger partial charge in [0.1, 0.15) is 0 Å². The Morgan fingerprint density at radius 3 is 0.729 bits per heavy atom. The van der Waals surface area contributed by atoms with Gasteiger partial charge in [-0.05, 0) is 251 Å². The molecule has 0 saturated heterocycles. The van der Waals surface area contributed by atoms with Crippen LogP contribution in [0.3, 0.4) is 0 Å². The summed E-state index contributed by atoms with van der Waals surface area (Å²) in [5.74, 6) is 3.60. The molecule has 6 aromatic heterocycles. The van der Waals surface area contributed by atoms with Crippen molar-refractivity contribution in [3.63, 3.8) is 0 Å². The zero-order valence-corrected chi connectivity index (χ0v) is 77.7. The molecule has 144 heavy (non-hydrogen) atoms. The molecule has 0 fully saturated rings. The van der Waals surface area contributed by atoms with Crippen LogP contribution in [0.5, 0.6) is 0 Å². The minimum atomic E-state index is 0.561. The van der Waals surface area contributed by atoms with Gasteiger partial charge in [0, 0.05) is 76.4 Å². The predicted octanol–water partition coefficient (Wildman–Crippen LogP) is 34.8. The fourth-order valence-corrected chi connectivity index (χ4v) is 23.5. The molecule has 0 unspecified atom stereocenters. The lowest BCUT2D eigenvalue weighted by Crippen LogP contribution is -2.06. The van der Waals surface area contributed by atoms with Gasteiger partial charge in [0.15, 0.2) is 23.3 Å². The summed E-state index contributed by atoms with van der Waals surface area (Å²) in [6, 6.07) is 175. The normalized spacial score (nSPS) is 12.0. The number of nitrogens with zero attached hydrogens (tertiary/aromatic N) is 10. The fourth-order valence-electron chi connectivity index (χ4n) is 23.5. The molecule has 25 aromatic carbocycles. The van der Waals surface area contributed by atoms with Crippen LogP contribution in [0.4, 0.5) is 0 Å². The first kappa shape index (κ1) is 80.7. The highest BCUT2D eigenvalue weighted by atomic mass is 15.2. The molecule has 0 bridgehead atoms. The molecule has 6 heterocycles. The molecule has 666 valence electrons. The van der Waals surface area contributed by atoms with E-state index in [4.69, 9.17) is 29.9 Å². The third-order valence-corrected chi connectivity index (χ3v) is 30.0. The zero-order chi connectivity index (χ0) is 94.3. The molecular weight excluding hydrogens is 1750 g/mol. The number of benzene rings is 25. The minimum absolute atomic E-state index is 0.561. The quantitative estimate of drug-likeness (QED) is 0.127. The highest BCUT2D eigenvalue weighted by molar-refractivity contribution is 6.30. The first-order valence-corrected chi connectivity index (χ1v) is 49.1. The van der Waals surface area contributed by atoms with Gasteiger partial charge in [0.2, 0.25) is 11.9 Å². The summed E-state index contributed by atoms with van der Waals surface area (Å²) in [6.07, 6.45) is 0. The molecule has 31 rings (SSSR count). The van der Waals surface area contributed by atoms with E-state index < -0.39 is 0 Å². The summed E-state index contributed by atoms with van der Waals surface area (Å²) in [5, 5.41) is 36.1. The molecule has 10 heteroatoms. The highest BCUT2D eigenvalue weighted by Crippen LogP contribution is 2.48. The SMILES string of the molecule is c1ccc(-n2c3ccccc3c3cc(-c4ccc5c(c4)c4ccccc4n5-c4nc(-c5ccc6c7ccccc7c7ccccc7c6c5)nc(-c5ccc6c7ccccc7c7ccccc7c6c5)n4)ccc32)cc1.c1ccc2cc(-c3nc(-c4ccc5ccccc5c4)nc(-n4c5ccccc5c5cc(-c6ccc7c(c6)c6ccccc6n7-c6cccc7c8ccccc8c8ccccc8c67)ccc54)n3)ccc2c1. The summed E-state index contributed by atoms with van der Waals surface area (Å²) in [6.45, 7) is 0. The van der Waals surface area contributed by atoms with Crippen LogP contribution in [0.25, 0.3) is 297 Å². The van der Waals surface area contributed by atoms with Crippen LogP contribution in [0.15, 0.2) is 485 Å². The Morgan fingerprint density at radius 2 is 0.361 bits per heavy atom. The number of aromatic nitrogens is 10. The lowest BCUT2D eigenvalue weighted by molar-refractivity contribution is 0.953. The molecular formula is C134H80N10. The maximum atomic E-state index is 5.48. The monoisotopic (exact) mass is 1830 g/mol. The van der Waals surface area contributed by atoms with Gasteiger partial charge in [-0.2, -0.15) is 19.9 Å². The summed E-state index contributed by atoms with van der Waals surface area (Å²) >= 11 is 0. The van der Waals surface area contributed by atoms with Gasteiger partial charge in [-0.3, -0.25) is 9.13 Å². The van der Waals surface area contributed by atoms with E-state index >= 15 is 0 Å². The third kappa shape index (κ3) is 12.6. The van der Waals surface area contributed by atoms with Crippen molar-refractivity contribution in [2.75, 3.05) is 0 Å². The second-order valence-corrected chi connectivity index (χ2v) is 37.9. The topological polar surface area (TPSA) is 97.1 Å². The molecule has 0 amide bonds. The van der Waals surface area contributed by atoms with Crippen molar-refractivity contribution >= 4 is 206 Å². The second-order valence-electron chi connectivity index (χ2n) is 37.9. The van der Waals surface area contributed by atoms with Gasteiger partial charge in [0.05, 0.1) is 49.8 Å². The van der Waals surface area contributed by atoms with Crippen LogP contribution in [0.2, 0.25) is 0 Å². The Kier molecular flexibility index (Phi) is 18.0. The Bertz CT molecular complexity index is 10500. The molecule has 0 radical (unpaired) electrons. The summed E-state index contributed by atoms with van der Waals surface area (Å²) < 4.78 is 9.28. The average molecular weight is 1830 g/mol. The van der Waals surface area contributed by atoms with Crippen LogP contribution in [-0.2, 0) is 0 Å². The second kappa shape index (κ2) is 32.1. The maximum Gasteiger partial charge on any atom is 0.238 e. The lowest BCUT2D eigenvalue weighted by Gasteiger charge is -2.16. The molecule has 0 N–H and O–H groups in total.